The highest BCUT2D eigenvalue weighted by molar-refractivity contribution is 7.99. The first-order valence-corrected chi connectivity index (χ1v) is 14.3. The van der Waals surface area contributed by atoms with Gasteiger partial charge in [-0.3, -0.25) is 14.2 Å². The average molecular weight is 544 g/mol. The van der Waals surface area contributed by atoms with Crippen LogP contribution in [0.2, 0.25) is 0 Å². The van der Waals surface area contributed by atoms with Gasteiger partial charge in [0.2, 0.25) is 5.91 Å². The molecule has 2 aromatic heterocycles. The lowest BCUT2D eigenvalue weighted by atomic mass is 10.1. The van der Waals surface area contributed by atoms with Crippen LogP contribution in [0, 0.1) is 6.92 Å². The summed E-state index contributed by atoms with van der Waals surface area (Å²) in [7, 11) is 0. The van der Waals surface area contributed by atoms with Crippen molar-refractivity contribution in [3.05, 3.63) is 95.7 Å². The topological polar surface area (TPSA) is 84.5 Å². The third-order valence-electron chi connectivity index (χ3n) is 6.90. The van der Waals surface area contributed by atoms with Gasteiger partial charge < -0.3 is 14.2 Å². The van der Waals surface area contributed by atoms with Gasteiger partial charge in [0.15, 0.2) is 10.9 Å². The summed E-state index contributed by atoms with van der Waals surface area (Å²) in [4.78, 5) is 29.3. The SMILES string of the molecule is Cc1cccc(-n2c(Cc3ccccc3)nnc2SCCCC(=O)N2CCN(C(=O)c3ccco3)C(C)C2)c1. The van der Waals surface area contributed by atoms with Gasteiger partial charge in [-0.1, -0.05) is 54.2 Å². The van der Waals surface area contributed by atoms with E-state index < -0.39 is 0 Å². The molecule has 39 heavy (non-hydrogen) atoms. The van der Waals surface area contributed by atoms with Gasteiger partial charge >= 0.3 is 0 Å². The van der Waals surface area contributed by atoms with Gasteiger partial charge in [-0.25, -0.2) is 0 Å². The molecule has 9 heteroatoms. The number of aryl methyl sites for hydroxylation is 1. The summed E-state index contributed by atoms with van der Waals surface area (Å²) in [6.07, 6.45) is 3.38. The van der Waals surface area contributed by atoms with Crippen molar-refractivity contribution in [3.63, 3.8) is 0 Å². The Labute approximate surface area is 233 Å². The molecule has 1 aliphatic heterocycles. The van der Waals surface area contributed by atoms with Gasteiger partial charge in [0.1, 0.15) is 5.82 Å². The van der Waals surface area contributed by atoms with Gasteiger partial charge in [0.25, 0.3) is 5.91 Å². The maximum atomic E-state index is 13.0. The van der Waals surface area contributed by atoms with Crippen molar-refractivity contribution < 1.29 is 14.0 Å². The van der Waals surface area contributed by atoms with Crippen LogP contribution in [0.4, 0.5) is 0 Å². The molecular formula is C30H33N5O3S. The molecule has 202 valence electrons. The fourth-order valence-corrected chi connectivity index (χ4v) is 5.80. The number of nitrogens with zero attached hydrogens (tertiary/aromatic N) is 5. The number of piperazine rings is 1. The number of rotatable bonds is 9. The molecule has 0 N–H and O–H groups in total. The predicted molar refractivity (Wildman–Crippen MR) is 151 cm³/mol. The second kappa shape index (κ2) is 12.3. The van der Waals surface area contributed by atoms with Crippen molar-refractivity contribution >= 4 is 23.6 Å². The van der Waals surface area contributed by atoms with Crippen molar-refractivity contribution in [2.75, 3.05) is 25.4 Å². The van der Waals surface area contributed by atoms with Crippen molar-refractivity contribution in [3.8, 4) is 5.69 Å². The molecule has 4 aromatic rings. The molecule has 3 heterocycles. The summed E-state index contributed by atoms with van der Waals surface area (Å²) in [5.41, 5.74) is 3.40. The van der Waals surface area contributed by atoms with Crippen molar-refractivity contribution in [2.45, 2.75) is 44.3 Å². The lowest BCUT2D eigenvalue weighted by molar-refractivity contribution is -0.133. The van der Waals surface area contributed by atoms with Gasteiger partial charge in [-0.2, -0.15) is 0 Å². The Morgan fingerprint density at radius 1 is 1.03 bits per heavy atom. The molecule has 2 amide bonds. The molecule has 0 aliphatic carbocycles. The van der Waals surface area contributed by atoms with E-state index in [4.69, 9.17) is 4.42 Å². The number of hydrogen-bond acceptors (Lipinski definition) is 6. The van der Waals surface area contributed by atoms with Gasteiger partial charge in [-0.05, 0) is 55.7 Å². The number of carbonyl (C=O) groups is 2. The molecule has 0 radical (unpaired) electrons. The summed E-state index contributed by atoms with van der Waals surface area (Å²) in [6, 6.07) is 22.0. The van der Waals surface area contributed by atoms with Crippen LogP contribution < -0.4 is 0 Å². The van der Waals surface area contributed by atoms with Crippen molar-refractivity contribution in [1.29, 1.82) is 0 Å². The molecular weight excluding hydrogens is 510 g/mol. The zero-order valence-corrected chi connectivity index (χ0v) is 23.1. The highest BCUT2D eigenvalue weighted by Crippen LogP contribution is 2.25. The molecule has 0 bridgehead atoms. The number of furan rings is 1. The number of hydrogen-bond donors (Lipinski definition) is 0. The van der Waals surface area contributed by atoms with Crippen molar-refractivity contribution in [2.24, 2.45) is 0 Å². The Morgan fingerprint density at radius 3 is 2.62 bits per heavy atom. The molecule has 5 rings (SSSR count). The minimum atomic E-state index is -0.125. The lowest BCUT2D eigenvalue weighted by Gasteiger charge is -2.39. The Kier molecular flexibility index (Phi) is 8.46. The first kappa shape index (κ1) is 26.7. The van der Waals surface area contributed by atoms with Crippen LogP contribution in [0.15, 0.2) is 82.6 Å². The Bertz CT molecular complexity index is 1400. The summed E-state index contributed by atoms with van der Waals surface area (Å²) < 4.78 is 7.39. The quantitative estimate of drug-likeness (QED) is 0.218. The van der Waals surface area contributed by atoms with E-state index in [0.717, 1.165) is 28.8 Å². The zero-order chi connectivity index (χ0) is 27.2. The summed E-state index contributed by atoms with van der Waals surface area (Å²) in [5.74, 6) is 1.98. The number of thioether (sulfide) groups is 1. The maximum Gasteiger partial charge on any atom is 0.289 e. The monoisotopic (exact) mass is 543 g/mol. The van der Waals surface area contributed by atoms with E-state index in [2.05, 4.69) is 52.0 Å². The van der Waals surface area contributed by atoms with E-state index in [1.807, 2.05) is 36.1 Å². The van der Waals surface area contributed by atoms with E-state index in [-0.39, 0.29) is 17.9 Å². The van der Waals surface area contributed by atoms with Crippen LogP contribution in [0.25, 0.3) is 5.69 Å². The summed E-state index contributed by atoms with van der Waals surface area (Å²) >= 11 is 1.63. The second-order valence-corrected chi connectivity index (χ2v) is 10.9. The van der Waals surface area contributed by atoms with Crippen LogP contribution in [0.5, 0.6) is 0 Å². The number of aromatic nitrogens is 3. The Morgan fingerprint density at radius 2 is 1.87 bits per heavy atom. The predicted octanol–water partition coefficient (Wildman–Crippen LogP) is 5.00. The summed E-state index contributed by atoms with van der Waals surface area (Å²) in [5, 5.41) is 9.88. The molecule has 1 aliphatic rings. The number of amides is 2. The molecule has 2 aromatic carbocycles. The molecule has 1 unspecified atom stereocenters. The van der Waals surface area contributed by atoms with Crippen molar-refractivity contribution in [1.82, 2.24) is 24.6 Å². The van der Waals surface area contributed by atoms with Gasteiger partial charge in [0.05, 0.1) is 6.26 Å². The van der Waals surface area contributed by atoms with E-state index in [0.29, 0.717) is 38.2 Å². The average Bonchev–Trinajstić information content (AvgIpc) is 3.62. The normalized spacial score (nSPS) is 15.5. The van der Waals surface area contributed by atoms with E-state index in [1.54, 1.807) is 28.8 Å². The van der Waals surface area contributed by atoms with Crippen LogP contribution in [-0.4, -0.2) is 67.8 Å². The number of benzene rings is 2. The third kappa shape index (κ3) is 6.42. The number of carbonyl (C=O) groups excluding carboxylic acids is 2. The maximum absolute atomic E-state index is 13.0. The van der Waals surface area contributed by atoms with Crippen LogP contribution in [-0.2, 0) is 11.2 Å². The molecule has 1 saturated heterocycles. The smallest absolute Gasteiger partial charge is 0.289 e. The van der Waals surface area contributed by atoms with Crippen LogP contribution >= 0.6 is 11.8 Å². The highest BCUT2D eigenvalue weighted by atomic mass is 32.2. The van der Waals surface area contributed by atoms with Gasteiger partial charge in [-0.15, -0.1) is 10.2 Å². The first-order valence-electron chi connectivity index (χ1n) is 13.3. The van der Waals surface area contributed by atoms with Crippen LogP contribution in [0.1, 0.15) is 47.3 Å². The molecule has 0 spiro atoms. The fourth-order valence-electron chi connectivity index (χ4n) is 4.89. The molecule has 8 nitrogen and oxygen atoms in total. The van der Waals surface area contributed by atoms with E-state index >= 15 is 0 Å². The second-order valence-electron chi connectivity index (χ2n) is 9.85. The Hall–Kier alpha value is -3.85. The van der Waals surface area contributed by atoms with E-state index in [9.17, 15) is 9.59 Å². The Balaban J connectivity index is 1.17. The van der Waals surface area contributed by atoms with Gasteiger partial charge in [0, 0.05) is 50.0 Å². The first-order chi connectivity index (χ1) is 19.0. The highest BCUT2D eigenvalue weighted by Gasteiger charge is 2.31. The largest absolute Gasteiger partial charge is 0.459 e. The minimum absolute atomic E-state index is 0.0643. The minimum Gasteiger partial charge on any atom is -0.459 e. The fraction of sp³-hybridized carbons (Fsp3) is 0.333. The molecule has 1 atom stereocenters. The van der Waals surface area contributed by atoms with Crippen LogP contribution in [0.3, 0.4) is 0 Å². The molecule has 1 fully saturated rings. The molecule has 0 saturated carbocycles. The van der Waals surface area contributed by atoms with E-state index in [1.165, 1.54) is 17.4 Å². The standard InChI is InChI=1S/C30H33N5O3S/c1-22-9-6-12-25(19-22)35-27(20-24-10-4-3-5-11-24)31-32-30(35)39-18-8-14-28(36)33-15-16-34(23(2)21-33)29(37)26-13-7-17-38-26/h3-7,9-13,17,19,23H,8,14-16,18,20-21H2,1-2H3. The lowest BCUT2D eigenvalue weighted by Crippen LogP contribution is -2.55. The zero-order valence-electron chi connectivity index (χ0n) is 22.3. The third-order valence-corrected chi connectivity index (χ3v) is 7.92. The summed E-state index contributed by atoms with van der Waals surface area (Å²) in [6.45, 7) is 5.62.